The number of rotatable bonds is 16. The molecule has 0 saturated carbocycles. The number of aliphatic carboxylic acids is 2. The van der Waals surface area contributed by atoms with Crippen molar-refractivity contribution < 1.29 is 65.6 Å². The summed E-state index contributed by atoms with van der Waals surface area (Å²) in [5.74, 6) is -5.06. The predicted molar refractivity (Wildman–Crippen MR) is 175 cm³/mol. The molecule has 12 nitrogen and oxygen atoms in total. The molecule has 2 aromatic rings. The number of phenolic OH excluding ortho intramolecular Hbond substituents is 1. The summed E-state index contributed by atoms with van der Waals surface area (Å²) in [7, 11) is 0. The number of carbonyl (C=O) groups is 4. The van der Waals surface area contributed by atoms with E-state index in [2.05, 4.69) is 41.9 Å². The van der Waals surface area contributed by atoms with E-state index in [1.165, 1.54) is 5.56 Å². The van der Waals surface area contributed by atoms with Crippen molar-refractivity contribution in [2.75, 3.05) is 44.6 Å². The molecule has 1 aliphatic heterocycles. The Morgan fingerprint density at radius 3 is 2.04 bits per heavy atom. The number of aromatic hydroxyl groups is 1. The lowest BCUT2D eigenvalue weighted by molar-refractivity contribution is -0.193. The Kier molecular flexibility index (Phi) is 19.4. The number of benzene rings is 2. The van der Waals surface area contributed by atoms with Crippen LogP contribution in [0.5, 0.6) is 11.5 Å². The third-order valence-electron chi connectivity index (χ3n) is 7.19. The summed E-state index contributed by atoms with van der Waals surface area (Å²) in [4.78, 5) is 44.5. The molecule has 0 fully saturated rings. The first-order valence-electron chi connectivity index (χ1n) is 16.0. The van der Waals surface area contributed by atoms with E-state index in [1.807, 2.05) is 29.2 Å². The number of carbonyl (C=O) groups excluding carboxylic acids is 2. The Balaban J connectivity index is 0.000000780. The van der Waals surface area contributed by atoms with Crippen LogP contribution < -0.4 is 20.7 Å². The summed E-state index contributed by atoms with van der Waals surface area (Å²) in [5.41, 5.74) is 2.56. The number of hydrogen-bond donors (Lipinski definition) is 6. The monoisotopic (exact) mass is 738 g/mol. The van der Waals surface area contributed by atoms with Crippen molar-refractivity contribution >= 4 is 29.4 Å². The molecule has 0 bridgehead atoms. The van der Waals surface area contributed by atoms with Gasteiger partial charge in [0.15, 0.2) is 12.4 Å². The molecule has 0 radical (unpaired) electrons. The molecule has 1 heterocycles. The number of halogens is 6. The maximum atomic E-state index is 13.1. The summed E-state index contributed by atoms with van der Waals surface area (Å²) in [6, 6.07) is 14.0. The van der Waals surface area contributed by atoms with Gasteiger partial charge in [-0.05, 0) is 56.5 Å². The van der Waals surface area contributed by atoms with Crippen molar-refractivity contribution in [1.82, 2.24) is 15.5 Å². The van der Waals surface area contributed by atoms with E-state index in [1.54, 1.807) is 6.07 Å². The number of ether oxygens (including phenoxy) is 1. The van der Waals surface area contributed by atoms with Crippen molar-refractivity contribution in [2.24, 2.45) is 0 Å². The van der Waals surface area contributed by atoms with Gasteiger partial charge in [-0.1, -0.05) is 56.2 Å². The molecule has 286 valence electrons. The molecule has 0 saturated heterocycles. The molecule has 0 aromatic heterocycles. The van der Waals surface area contributed by atoms with Gasteiger partial charge in [-0.25, -0.2) is 9.59 Å². The van der Waals surface area contributed by atoms with E-state index >= 15 is 0 Å². The number of unbranched alkanes of at least 4 members (excludes halogenated alkanes) is 1. The second-order valence-corrected chi connectivity index (χ2v) is 11.2. The lowest BCUT2D eigenvalue weighted by Gasteiger charge is -2.30. The Labute approximate surface area is 291 Å². The molecule has 3 rings (SSSR count). The quantitative estimate of drug-likeness (QED) is 0.0801. The van der Waals surface area contributed by atoms with E-state index in [-0.39, 0.29) is 30.2 Å². The topological polar surface area (TPSA) is 178 Å². The first kappa shape index (κ1) is 44.4. The lowest BCUT2D eigenvalue weighted by Crippen LogP contribution is -2.43. The molecule has 1 aliphatic rings. The van der Waals surface area contributed by atoms with Crippen LogP contribution in [0.1, 0.15) is 50.7 Å². The molecular weight excluding hydrogens is 694 g/mol. The summed E-state index contributed by atoms with van der Waals surface area (Å²) < 4.78 is 69.0. The number of carboxylic acid groups (broad SMARTS) is 2. The third kappa shape index (κ3) is 17.8. The van der Waals surface area contributed by atoms with Gasteiger partial charge >= 0.3 is 24.3 Å². The van der Waals surface area contributed by atoms with Crippen LogP contribution in [0, 0.1) is 0 Å². The molecule has 51 heavy (non-hydrogen) atoms. The van der Waals surface area contributed by atoms with E-state index in [4.69, 9.17) is 24.5 Å². The number of alkyl halides is 6. The zero-order valence-corrected chi connectivity index (χ0v) is 28.2. The first-order valence-corrected chi connectivity index (χ1v) is 16.0. The highest BCUT2D eigenvalue weighted by Crippen LogP contribution is 2.39. The summed E-state index contributed by atoms with van der Waals surface area (Å²) in [6.45, 7) is 7.86. The van der Waals surface area contributed by atoms with Crippen LogP contribution in [0.25, 0.3) is 0 Å². The Hall–Kier alpha value is -4.58. The number of fused-ring (bicyclic) bond motifs is 1. The first-order chi connectivity index (χ1) is 23.9. The zero-order chi connectivity index (χ0) is 38.6. The van der Waals surface area contributed by atoms with Gasteiger partial charge < -0.3 is 40.9 Å². The normalized spacial score (nSPS) is 12.8. The molecular formula is C33H44F6N4O8. The molecule has 1 atom stereocenters. The fourth-order valence-corrected chi connectivity index (χ4v) is 4.55. The Bertz CT molecular complexity index is 1370. The van der Waals surface area contributed by atoms with Crippen LogP contribution in [0.3, 0.4) is 0 Å². The largest absolute Gasteiger partial charge is 0.506 e. The molecule has 2 amide bonds. The second kappa shape index (κ2) is 22.3. The van der Waals surface area contributed by atoms with Crippen LogP contribution in [-0.2, 0) is 32.0 Å². The standard InChI is InChI=1S/C29H42N4O4.2C2HF3O2/c1-3-4-8-22(2)33(27(36)15-18-30-16-13-23-9-6-5-7-10-23)20-19-31-17-14-24-11-12-25(34)28-29(24)37-21-26(35)32-28;2*3-2(4,5)1(6)7/h5-7,9-12,22,30-31,34H,3-4,8,13-21H2,1-2H3,(H,32,35);2*(H,6,7)/t22-;;/m1../s1. The highest BCUT2D eigenvalue weighted by atomic mass is 19.4. The van der Waals surface area contributed by atoms with Gasteiger partial charge in [0.2, 0.25) is 5.91 Å². The lowest BCUT2D eigenvalue weighted by atomic mass is 10.1. The van der Waals surface area contributed by atoms with Crippen LogP contribution in [0.4, 0.5) is 32.0 Å². The SMILES string of the molecule is CCCC[C@@H](C)N(CCNCCc1ccc(O)c2c1OCC(=O)N2)C(=O)CCNCCc1ccccc1.O=C(O)C(F)(F)F.O=C(O)C(F)(F)F. The maximum Gasteiger partial charge on any atom is 0.490 e. The summed E-state index contributed by atoms with van der Waals surface area (Å²) in [5, 5.41) is 33.8. The molecule has 0 unspecified atom stereocenters. The van der Waals surface area contributed by atoms with E-state index in [0.29, 0.717) is 50.5 Å². The number of amides is 2. The Morgan fingerprint density at radius 1 is 0.902 bits per heavy atom. The summed E-state index contributed by atoms with van der Waals surface area (Å²) in [6.07, 6.45) is -4.80. The molecule has 6 N–H and O–H groups in total. The highest BCUT2D eigenvalue weighted by Gasteiger charge is 2.39. The van der Waals surface area contributed by atoms with Crippen molar-refractivity contribution in [1.29, 1.82) is 0 Å². The van der Waals surface area contributed by atoms with Gasteiger partial charge in [0.05, 0.1) is 0 Å². The number of anilines is 1. The number of phenols is 1. The minimum atomic E-state index is -5.08. The van der Waals surface area contributed by atoms with Gasteiger partial charge in [-0.2, -0.15) is 26.3 Å². The van der Waals surface area contributed by atoms with E-state index < -0.39 is 24.3 Å². The van der Waals surface area contributed by atoms with Crippen molar-refractivity contribution in [3.8, 4) is 11.5 Å². The number of hydrogen-bond acceptors (Lipinski definition) is 8. The van der Waals surface area contributed by atoms with Gasteiger partial charge in [0.1, 0.15) is 11.4 Å². The zero-order valence-electron chi connectivity index (χ0n) is 28.2. The van der Waals surface area contributed by atoms with Crippen molar-refractivity contribution in [2.45, 2.75) is 70.8 Å². The van der Waals surface area contributed by atoms with E-state index in [9.17, 15) is 41.0 Å². The highest BCUT2D eigenvalue weighted by molar-refractivity contribution is 5.97. The average molecular weight is 739 g/mol. The van der Waals surface area contributed by atoms with Crippen LogP contribution in [0.2, 0.25) is 0 Å². The van der Waals surface area contributed by atoms with Crippen molar-refractivity contribution in [3.63, 3.8) is 0 Å². The number of carboxylic acids is 2. The van der Waals surface area contributed by atoms with Gasteiger partial charge in [0.25, 0.3) is 5.91 Å². The minimum Gasteiger partial charge on any atom is -0.506 e. The van der Waals surface area contributed by atoms with Gasteiger partial charge in [-0.15, -0.1) is 0 Å². The third-order valence-corrected chi connectivity index (χ3v) is 7.19. The summed E-state index contributed by atoms with van der Waals surface area (Å²) >= 11 is 0. The average Bonchev–Trinajstić information content (AvgIpc) is 3.06. The number of nitrogens with zero attached hydrogens (tertiary/aromatic N) is 1. The Morgan fingerprint density at radius 2 is 1.47 bits per heavy atom. The fraction of sp³-hybridized carbons (Fsp3) is 0.515. The van der Waals surface area contributed by atoms with Crippen LogP contribution in [-0.4, -0.2) is 102 Å². The molecule has 2 aromatic carbocycles. The maximum absolute atomic E-state index is 13.1. The smallest absolute Gasteiger partial charge is 0.490 e. The van der Waals surface area contributed by atoms with Gasteiger partial charge in [0, 0.05) is 32.1 Å². The van der Waals surface area contributed by atoms with Crippen LogP contribution >= 0.6 is 0 Å². The van der Waals surface area contributed by atoms with E-state index in [0.717, 1.165) is 37.8 Å². The predicted octanol–water partition coefficient (Wildman–Crippen LogP) is 4.75. The molecule has 0 spiro atoms. The molecule has 18 heteroatoms. The second-order valence-electron chi connectivity index (χ2n) is 11.2. The van der Waals surface area contributed by atoms with Crippen LogP contribution in [0.15, 0.2) is 42.5 Å². The fourth-order valence-electron chi connectivity index (χ4n) is 4.55. The van der Waals surface area contributed by atoms with Crippen molar-refractivity contribution in [3.05, 3.63) is 53.6 Å². The number of nitrogens with one attached hydrogen (secondary N) is 3. The van der Waals surface area contributed by atoms with Gasteiger partial charge in [-0.3, -0.25) is 9.59 Å². The minimum absolute atomic E-state index is 0.00420. The molecule has 0 aliphatic carbocycles.